The van der Waals surface area contributed by atoms with Gasteiger partial charge in [0.05, 0.1) is 11.0 Å². The van der Waals surface area contributed by atoms with E-state index in [0.29, 0.717) is 0 Å². The van der Waals surface area contributed by atoms with Crippen LogP contribution in [0.25, 0.3) is 49.7 Å². The Balaban J connectivity index is 1.62. The molecule has 6 aromatic rings. The lowest BCUT2D eigenvalue weighted by molar-refractivity contribution is 1.18. The second kappa shape index (κ2) is 7.71. The van der Waals surface area contributed by atoms with Gasteiger partial charge in [0.1, 0.15) is 0 Å². The SMILES string of the molecule is Clc1ccc2c(c1)c1cc(-c3ccccc3)ccc1n2-c1cccc(-c2ccccc2)c1. The number of aromatic nitrogens is 1. The fourth-order valence-electron chi connectivity index (χ4n) is 4.54. The third-order valence-electron chi connectivity index (χ3n) is 6.05. The number of halogens is 1. The van der Waals surface area contributed by atoms with E-state index in [-0.39, 0.29) is 0 Å². The van der Waals surface area contributed by atoms with Crippen molar-refractivity contribution in [3.63, 3.8) is 0 Å². The smallest absolute Gasteiger partial charge is 0.0542 e. The Morgan fingerprint density at radius 1 is 0.438 bits per heavy atom. The molecule has 0 N–H and O–H groups in total. The lowest BCUT2D eigenvalue weighted by atomic mass is 10.0. The van der Waals surface area contributed by atoms with Gasteiger partial charge in [-0.25, -0.2) is 0 Å². The molecule has 1 heterocycles. The normalized spacial score (nSPS) is 11.3. The third-order valence-corrected chi connectivity index (χ3v) is 6.28. The molecule has 6 rings (SSSR count). The monoisotopic (exact) mass is 429 g/mol. The zero-order valence-electron chi connectivity index (χ0n) is 17.4. The van der Waals surface area contributed by atoms with Gasteiger partial charge in [0.15, 0.2) is 0 Å². The summed E-state index contributed by atoms with van der Waals surface area (Å²) in [4.78, 5) is 0. The Morgan fingerprint density at radius 2 is 1.00 bits per heavy atom. The molecule has 0 saturated heterocycles. The van der Waals surface area contributed by atoms with E-state index in [9.17, 15) is 0 Å². The molecule has 32 heavy (non-hydrogen) atoms. The van der Waals surface area contributed by atoms with E-state index in [4.69, 9.17) is 11.6 Å². The molecule has 0 atom stereocenters. The topological polar surface area (TPSA) is 4.93 Å². The molecule has 0 bridgehead atoms. The highest BCUT2D eigenvalue weighted by Gasteiger charge is 2.14. The zero-order valence-corrected chi connectivity index (χ0v) is 18.1. The summed E-state index contributed by atoms with van der Waals surface area (Å²) in [6.07, 6.45) is 0. The van der Waals surface area contributed by atoms with Crippen molar-refractivity contribution in [2.45, 2.75) is 0 Å². The van der Waals surface area contributed by atoms with Gasteiger partial charge in [0, 0.05) is 21.5 Å². The lowest BCUT2D eigenvalue weighted by Gasteiger charge is -2.11. The molecule has 0 unspecified atom stereocenters. The highest BCUT2D eigenvalue weighted by molar-refractivity contribution is 6.32. The molecular formula is C30H20ClN. The molecule has 152 valence electrons. The minimum atomic E-state index is 0.750. The largest absolute Gasteiger partial charge is 0.309 e. The molecule has 0 radical (unpaired) electrons. The van der Waals surface area contributed by atoms with E-state index in [0.717, 1.165) is 21.6 Å². The molecule has 0 saturated carbocycles. The lowest BCUT2D eigenvalue weighted by Crippen LogP contribution is -1.94. The Hall–Kier alpha value is -3.81. The molecule has 0 aliphatic heterocycles. The van der Waals surface area contributed by atoms with Gasteiger partial charge < -0.3 is 4.57 Å². The first-order valence-corrected chi connectivity index (χ1v) is 11.1. The maximum Gasteiger partial charge on any atom is 0.0542 e. The summed E-state index contributed by atoms with van der Waals surface area (Å²) in [5, 5.41) is 3.11. The molecule has 1 aromatic heterocycles. The molecule has 0 aliphatic rings. The van der Waals surface area contributed by atoms with Crippen molar-refractivity contribution in [1.82, 2.24) is 4.57 Å². The number of hydrogen-bond donors (Lipinski definition) is 0. The van der Waals surface area contributed by atoms with Crippen molar-refractivity contribution < 1.29 is 0 Å². The summed E-state index contributed by atoms with van der Waals surface area (Å²) < 4.78 is 2.34. The Bertz CT molecular complexity index is 1560. The first-order valence-electron chi connectivity index (χ1n) is 10.7. The van der Waals surface area contributed by atoms with Crippen molar-refractivity contribution in [2.75, 3.05) is 0 Å². The van der Waals surface area contributed by atoms with E-state index in [1.165, 1.54) is 33.2 Å². The van der Waals surface area contributed by atoms with Crippen molar-refractivity contribution in [3.05, 3.63) is 126 Å². The average Bonchev–Trinajstić information content (AvgIpc) is 3.18. The summed E-state index contributed by atoms with van der Waals surface area (Å²) in [5.74, 6) is 0. The molecule has 5 aromatic carbocycles. The fraction of sp³-hybridized carbons (Fsp3) is 0. The minimum Gasteiger partial charge on any atom is -0.309 e. The number of fused-ring (bicyclic) bond motifs is 3. The maximum atomic E-state index is 6.43. The van der Waals surface area contributed by atoms with Crippen LogP contribution in [0.5, 0.6) is 0 Å². The van der Waals surface area contributed by atoms with E-state index in [1.54, 1.807) is 0 Å². The number of hydrogen-bond acceptors (Lipinski definition) is 0. The van der Waals surface area contributed by atoms with Crippen LogP contribution in [0.3, 0.4) is 0 Å². The molecule has 1 nitrogen and oxygen atoms in total. The highest BCUT2D eigenvalue weighted by atomic mass is 35.5. The Morgan fingerprint density at radius 3 is 1.69 bits per heavy atom. The standard InChI is InChI=1S/C30H20ClN/c31-25-15-17-30-28(20-25)27-19-24(22-10-5-2-6-11-22)14-16-29(27)32(30)26-13-7-12-23(18-26)21-8-3-1-4-9-21/h1-20H. The quantitative estimate of drug-likeness (QED) is 0.265. The van der Waals surface area contributed by atoms with Crippen LogP contribution in [0.2, 0.25) is 5.02 Å². The second-order valence-corrected chi connectivity index (χ2v) is 8.45. The van der Waals surface area contributed by atoms with Gasteiger partial charge in [-0.05, 0) is 64.7 Å². The van der Waals surface area contributed by atoms with Crippen LogP contribution in [0.15, 0.2) is 121 Å². The van der Waals surface area contributed by atoms with Gasteiger partial charge in [-0.2, -0.15) is 0 Å². The van der Waals surface area contributed by atoms with Gasteiger partial charge in [-0.15, -0.1) is 0 Å². The first-order chi connectivity index (χ1) is 15.8. The maximum absolute atomic E-state index is 6.43. The third kappa shape index (κ3) is 3.19. The summed E-state index contributed by atoms with van der Waals surface area (Å²) >= 11 is 6.43. The van der Waals surface area contributed by atoms with Crippen LogP contribution < -0.4 is 0 Å². The number of rotatable bonds is 3. The molecule has 0 aliphatic carbocycles. The van der Waals surface area contributed by atoms with E-state index >= 15 is 0 Å². The summed E-state index contributed by atoms with van der Waals surface area (Å²) in [7, 11) is 0. The van der Waals surface area contributed by atoms with Crippen LogP contribution >= 0.6 is 11.6 Å². The highest BCUT2D eigenvalue weighted by Crippen LogP contribution is 2.36. The van der Waals surface area contributed by atoms with E-state index in [2.05, 4.69) is 108 Å². The first kappa shape index (κ1) is 18.9. The van der Waals surface area contributed by atoms with Gasteiger partial charge in [0.2, 0.25) is 0 Å². The van der Waals surface area contributed by atoms with Crippen molar-refractivity contribution >= 4 is 33.4 Å². The molecule has 0 amide bonds. The van der Waals surface area contributed by atoms with Crippen LogP contribution in [0.1, 0.15) is 0 Å². The summed E-state index contributed by atoms with van der Waals surface area (Å²) in [5.41, 5.74) is 8.30. The van der Waals surface area contributed by atoms with E-state index in [1.807, 2.05) is 18.2 Å². The van der Waals surface area contributed by atoms with Crippen molar-refractivity contribution in [3.8, 4) is 27.9 Å². The van der Waals surface area contributed by atoms with Crippen molar-refractivity contribution in [2.24, 2.45) is 0 Å². The van der Waals surface area contributed by atoms with Gasteiger partial charge in [0.25, 0.3) is 0 Å². The Kier molecular flexibility index (Phi) is 4.56. The zero-order chi connectivity index (χ0) is 21.5. The van der Waals surface area contributed by atoms with Crippen LogP contribution in [0, 0.1) is 0 Å². The average molecular weight is 430 g/mol. The molecular weight excluding hydrogens is 410 g/mol. The molecule has 2 heteroatoms. The fourth-order valence-corrected chi connectivity index (χ4v) is 4.71. The van der Waals surface area contributed by atoms with Gasteiger partial charge in [-0.3, -0.25) is 0 Å². The number of benzene rings is 5. The summed E-state index contributed by atoms with van der Waals surface area (Å²) in [6.45, 7) is 0. The predicted octanol–water partition coefficient (Wildman–Crippen LogP) is 8.77. The Labute approximate surface area is 192 Å². The van der Waals surface area contributed by atoms with E-state index < -0.39 is 0 Å². The minimum absolute atomic E-state index is 0.750. The molecule has 0 fully saturated rings. The summed E-state index contributed by atoms with van der Waals surface area (Å²) in [6, 6.07) is 42.6. The van der Waals surface area contributed by atoms with Crippen LogP contribution in [0.4, 0.5) is 0 Å². The predicted molar refractivity (Wildman–Crippen MR) is 137 cm³/mol. The van der Waals surface area contributed by atoms with Crippen molar-refractivity contribution in [1.29, 1.82) is 0 Å². The second-order valence-electron chi connectivity index (χ2n) is 8.01. The molecule has 0 spiro atoms. The number of nitrogens with zero attached hydrogens (tertiary/aromatic N) is 1. The van der Waals surface area contributed by atoms with Crippen LogP contribution in [-0.2, 0) is 0 Å². The van der Waals surface area contributed by atoms with Crippen LogP contribution in [-0.4, -0.2) is 4.57 Å². The van der Waals surface area contributed by atoms with Gasteiger partial charge in [-0.1, -0.05) is 90.5 Å². The van der Waals surface area contributed by atoms with Gasteiger partial charge >= 0.3 is 0 Å².